The Morgan fingerprint density at radius 3 is 2.59 bits per heavy atom. The number of amides is 2. The van der Waals surface area contributed by atoms with Crippen molar-refractivity contribution in [2.45, 2.75) is 19.9 Å². The molecule has 92 valence electrons. The molecule has 0 heterocycles. The van der Waals surface area contributed by atoms with Crippen LogP contribution in [0.5, 0.6) is 0 Å². The zero-order valence-electron chi connectivity index (χ0n) is 9.45. The Hall–Kier alpha value is -2.11. The van der Waals surface area contributed by atoms with E-state index in [0.29, 0.717) is 0 Å². The maximum absolute atomic E-state index is 13.3. The first-order valence-corrected chi connectivity index (χ1v) is 4.96. The normalized spacial score (nSPS) is 11.7. The van der Waals surface area contributed by atoms with E-state index in [2.05, 4.69) is 10.6 Å². The SMILES string of the molecule is Cc1ccc(NC(=O)N[C@@H](C)C(=O)O)c(F)c1. The molecule has 2 amide bonds. The van der Waals surface area contributed by atoms with Crippen molar-refractivity contribution in [2.75, 3.05) is 5.32 Å². The number of aliphatic carboxylic acids is 1. The molecule has 0 spiro atoms. The Bertz CT molecular complexity index is 448. The van der Waals surface area contributed by atoms with Gasteiger partial charge in [-0.1, -0.05) is 6.07 Å². The van der Waals surface area contributed by atoms with E-state index in [-0.39, 0.29) is 5.69 Å². The lowest BCUT2D eigenvalue weighted by molar-refractivity contribution is -0.138. The third-order valence-corrected chi connectivity index (χ3v) is 2.09. The molecule has 0 fully saturated rings. The highest BCUT2D eigenvalue weighted by Gasteiger charge is 2.14. The standard InChI is InChI=1S/C11H13FN2O3/c1-6-3-4-9(8(12)5-6)14-11(17)13-7(2)10(15)16/h3-5,7H,1-2H3,(H,15,16)(H2,13,14,17)/t7-/m0/s1. The van der Waals surface area contributed by atoms with Crippen LogP contribution in [-0.4, -0.2) is 23.1 Å². The van der Waals surface area contributed by atoms with E-state index in [1.165, 1.54) is 19.1 Å². The van der Waals surface area contributed by atoms with Gasteiger partial charge < -0.3 is 15.7 Å². The smallest absolute Gasteiger partial charge is 0.325 e. The summed E-state index contributed by atoms with van der Waals surface area (Å²) in [5.74, 6) is -1.73. The van der Waals surface area contributed by atoms with Crippen molar-refractivity contribution in [3.8, 4) is 0 Å². The predicted octanol–water partition coefficient (Wildman–Crippen LogP) is 1.73. The van der Waals surface area contributed by atoms with Crippen LogP contribution in [0.2, 0.25) is 0 Å². The van der Waals surface area contributed by atoms with Crippen LogP contribution in [0.4, 0.5) is 14.9 Å². The molecule has 0 aliphatic rings. The lowest BCUT2D eigenvalue weighted by atomic mass is 10.2. The molecule has 6 heteroatoms. The van der Waals surface area contributed by atoms with Gasteiger partial charge in [0.15, 0.2) is 0 Å². The number of hydrogen-bond acceptors (Lipinski definition) is 2. The van der Waals surface area contributed by atoms with Gasteiger partial charge in [0.2, 0.25) is 0 Å². The fourth-order valence-corrected chi connectivity index (χ4v) is 1.14. The number of benzene rings is 1. The van der Waals surface area contributed by atoms with Crippen LogP contribution < -0.4 is 10.6 Å². The molecule has 17 heavy (non-hydrogen) atoms. The van der Waals surface area contributed by atoms with E-state index in [4.69, 9.17) is 5.11 Å². The van der Waals surface area contributed by atoms with Crippen LogP contribution in [0, 0.1) is 12.7 Å². The van der Waals surface area contributed by atoms with Gasteiger partial charge in [-0.2, -0.15) is 0 Å². The van der Waals surface area contributed by atoms with Gasteiger partial charge in [-0.15, -0.1) is 0 Å². The van der Waals surface area contributed by atoms with Crippen LogP contribution in [-0.2, 0) is 4.79 Å². The van der Waals surface area contributed by atoms with Gasteiger partial charge >= 0.3 is 12.0 Å². The highest BCUT2D eigenvalue weighted by Crippen LogP contribution is 2.14. The Morgan fingerprint density at radius 1 is 1.41 bits per heavy atom. The molecule has 0 saturated carbocycles. The number of hydrogen-bond donors (Lipinski definition) is 3. The first-order chi connectivity index (χ1) is 7.90. The quantitative estimate of drug-likeness (QED) is 0.752. The van der Waals surface area contributed by atoms with Crippen molar-refractivity contribution in [3.05, 3.63) is 29.6 Å². The summed E-state index contributed by atoms with van der Waals surface area (Å²) in [6.07, 6.45) is 0. The molecule has 0 bridgehead atoms. The van der Waals surface area contributed by atoms with Gasteiger partial charge in [0.1, 0.15) is 11.9 Å². The average molecular weight is 240 g/mol. The summed E-state index contributed by atoms with van der Waals surface area (Å²) >= 11 is 0. The molecule has 5 nitrogen and oxygen atoms in total. The number of rotatable bonds is 3. The number of nitrogens with one attached hydrogen (secondary N) is 2. The molecule has 1 aromatic rings. The fourth-order valence-electron chi connectivity index (χ4n) is 1.14. The van der Waals surface area contributed by atoms with Crippen molar-refractivity contribution >= 4 is 17.7 Å². The number of carbonyl (C=O) groups is 2. The molecule has 0 aromatic heterocycles. The number of carboxylic acid groups (broad SMARTS) is 1. The molecule has 0 aliphatic carbocycles. The summed E-state index contributed by atoms with van der Waals surface area (Å²) in [4.78, 5) is 21.8. The number of aryl methyl sites for hydroxylation is 1. The molecule has 3 N–H and O–H groups in total. The Kier molecular flexibility index (Phi) is 4.03. The predicted molar refractivity (Wildman–Crippen MR) is 60.4 cm³/mol. The van der Waals surface area contributed by atoms with Gasteiger partial charge in [-0.3, -0.25) is 4.79 Å². The number of carboxylic acids is 1. The first kappa shape index (κ1) is 13.0. The highest BCUT2D eigenvalue weighted by molar-refractivity contribution is 5.92. The lowest BCUT2D eigenvalue weighted by Crippen LogP contribution is -2.41. The minimum absolute atomic E-state index is 0.00527. The molecular formula is C11H13FN2O3. The van der Waals surface area contributed by atoms with Crippen LogP contribution in [0.3, 0.4) is 0 Å². The van der Waals surface area contributed by atoms with Crippen molar-refractivity contribution in [2.24, 2.45) is 0 Å². The van der Waals surface area contributed by atoms with E-state index in [9.17, 15) is 14.0 Å². The maximum Gasteiger partial charge on any atom is 0.325 e. The van der Waals surface area contributed by atoms with E-state index >= 15 is 0 Å². The largest absolute Gasteiger partial charge is 0.480 e. The van der Waals surface area contributed by atoms with Crippen molar-refractivity contribution < 1.29 is 19.1 Å². The Balaban J connectivity index is 2.65. The number of carbonyl (C=O) groups excluding carboxylic acids is 1. The highest BCUT2D eigenvalue weighted by atomic mass is 19.1. The number of anilines is 1. The molecule has 0 saturated heterocycles. The minimum Gasteiger partial charge on any atom is -0.480 e. The van der Waals surface area contributed by atoms with Gasteiger partial charge in [0.05, 0.1) is 5.69 Å². The molecular weight excluding hydrogens is 227 g/mol. The van der Waals surface area contributed by atoms with Crippen LogP contribution in [0.15, 0.2) is 18.2 Å². The van der Waals surface area contributed by atoms with Crippen LogP contribution in [0.25, 0.3) is 0 Å². The third kappa shape index (κ3) is 3.75. The van der Waals surface area contributed by atoms with Gasteiger partial charge in [-0.05, 0) is 31.5 Å². The van der Waals surface area contributed by atoms with Crippen LogP contribution >= 0.6 is 0 Å². The molecule has 1 rings (SSSR count). The monoisotopic (exact) mass is 240 g/mol. The van der Waals surface area contributed by atoms with Crippen molar-refractivity contribution in [1.29, 1.82) is 0 Å². The average Bonchev–Trinajstić information content (AvgIpc) is 2.22. The minimum atomic E-state index is -1.16. The maximum atomic E-state index is 13.3. The Morgan fingerprint density at radius 2 is 2.06 bits per heavy atom. The summed E-state index contributed by atoms with van der Waals surface area (Å²) in [5, 5.41) is 13.0. The number of urea groups is 1. The second kappa shape index (κ2) is 5.29. The molecule has 0 aliphatic heterocycles. The van der Waals surface area contributed by atoms with Crippen LogP contribution in [0.1, 0.15) is 12.5 Å². The molecule has 1 aromatic carbocycles. The zero-order chi connectivity index (χ0) is 13.0. The summed E-state index contributed by atoms with van der Waals surface area (Å²) in [7, 11) is 0. The van der Waals surface area contributed by atoms with Gasteiger partial charge in [0, 0.05) is 0 Å². The van der Waals surface area contributed by atoms with E-state index in [1.54, 1.807) is 13.0 Å². The second-order valence-corrected chi connectivity index (χ2v) is 3.64. The Labute approximate surface area is 97.6 Å². The molecule has 1 atom stereocenters. The van der Waals surface area contributed by atoms with Gasteiger partial charge in [0.25, 0.3) is 0 Å². The third-order valence-electron chi connectivity index (χ3n) is 2.09. The summed E-state index contributed by atoms with van der Waals surface area (Å²) in [6, 6.07) is 2.52. The summed E-state index contributed by atoms with van der Waals surface area (Å²) in [6.45, 7) is 3.03. The molecule has 0 radical (unpaired) electrons. The van der Waals surface area contributed by atoms with Crippen molar-refractivity contribution in [3.63, 3.8) is 0 Å². The lowest BCUT2D eigenvalue weighted by Gasteiger charge is -2.11. The number of halogens is 1. The topological polar surface area (TPSA) is 78.4 Å². The molecule has 0 unspecified atom stereocenters. The van der Waals surface area contributed by atoms with Crippen molar-refractivity contribution in [1.82, 2.24) is 5.32 Å². The zero-order valence-corrected chi connectivity index (χ0v) is 9.45. The fraction of sp³-hybridized carbons (Fsp3) is 0.273. The van der Waals surface area contributed by atoms with E-state index < -0.39 is 23.9 Å². The van der Waals surface area contributed by atoms with E-state index in [0.717, 1.165) is 5.56 Å². The van der Waals surface area contributed by atoms with E-state index in [1.807, 2.05) is 0 Å². The summed E-state index contributed by atoms with van der Waals surface area (Å²) in [5.41, 5.74) is 0.734. The van der Waals surface area contributed by atoms with Gasteiger partial charge in [-0.25, -0.2) is 9.18 Å². The first-order valence-electron chi connectivity index (χ1n) is 4.96. The summed E-state index contributed by atoms with van der Waals surface area (Å²) < 4.78 is 13.3. The second-order valence-electron chi connectivity index (χ2n) is 3.64.